The fraction of sp³-hybridized carbons (Fsp3) is 0.263. The van der Waals surface area contributed by atoms with Crippen LogP contribution in [0.1, 0.15) is 16.3 Å². The largest absolute Gasteiger partial charge is 0.479 e. The zero-order valence-corrected chi connectivity index (χ0v) is 19.7. The molecule has 2 aliphatic heterocycles. The van der Waals surface area contributed by atoms with Crippen LogP contribution in [0.3, 0.4) is 0 Å². The van der Waals surface area contributed by atoms with E-state index in [2.05, 4.69) is 20.4 Å². The summed E-state index contributed by atoms with van der Waals surface area (Å²) in [4.78, 5) is 52.7. The van der Waals surface area contributed by atoms with Gasteiger partial charge >= 0.3 is 5.97 Å². The first-order chi connectivity index (χ1) is 15.8. The number of carboxylic acid groups (broad SMARTS) is 1. The van der Waals surface area contributed by atoms with Gasteiger partial charge in [0.05, 0.1) is 11.2 Å². The van der Waals surface area contributed by atoms with Crippen LogP contribution in [-0.4, -0.2) is 68.0 Å². The van der Waals surface area contributed by atoms with Crippen molar-refractivity contribution >= 4 is 69.1 Å². The van der Waals surface area contributed by atoms with E-state index in [4.69, 9.17) is 10.6 Å². The van der Waals surface area contributed by atoms with Gasteiger partial charge in [0, 0.05) is 10.3 Å². The molecular weight excluding hydrogens is 488 g/mol. The Hall–Kier alpha value is -3.23. The van der Waals surface area contributed by atoms with Crippen LogP contribution in [0, 0.1) is 6.92 Å². The summed E-state index contributed by atoms with van der Waals surface area (Å²) >= 11 is 3.83. The number of aliphatic carboxylic acids is 1. The van der Waals surface area contributed by atoms with Crippen molar-refractivity contribution in [3.8, 4) is 0 Å². The van der Waals surface area contributed by atoms with Crippen LogP contribution < -0.4 is 11.1 Å². The number of nitrogens with zero attached hydrogens (tertiary/aromatic N) is 4. The second kappa shape index (κ2) is 9.33. The van der Waals surface area contributed by atoms with Crippen molar-refractivity contribution in [2.45, 2.75) is 24.4 Å². The summed E-state index contributed by atoms with van der Waals surface area (Å²) < 4.78 is 0. The number of amides is 2. The standard InChI is InChI=1S/C19H18N6O5S3/c1-8-11(33-7-21-8)4-3-9-5-31-17-13(16(27)25(17)14(9)18(28)29)23-15(26)12(24-30-2)10-6-32-19(20)22-10/h3-7,13-14,17H,1-2H3,(H2,20,22)(H,23,26)(H,28,29)/b4-3+,24-12-/t13-,14?,17-/m1/s1. The Morgan fingerprint density at radius 2 is 2.15 bits per heavy atom. The molecule has 4 N–H and O–H groups in total. The van der Waals surface area contributed by atoms with Crippen LogP contribution in [0.25, 0.3) is 6.08 Å². The van der Waals surface area contributed by atoms with Crippen molar-refractivity contribution in [3.05, 3.63) is 44.2 Å². The Morgan fingerprint density at radius 1 is 1.36 bits per heavy atom. The van der Waals surface area contributed by atoms with Gasteiger partial charge in [-0.2, -0.15) is 0 Å². The normalized spacial score (nSPS) is 22.5. The number of carbonyl (C=O) groups is 3. The van der Waals surface area contributed by atoms with E-state index in [1.165, 1.54) is 35.1 Å². The highest BCUT2D eigenvalue weighted by Crippen LogP contribution is 2.40. The summed E-state index contributed by atoms with van der Waals surface area (Å²) in [5.41, 5.74) is 8.72. The highest BCUT2D eigenvalue weighted by atomic mass is 32.2. The SMILES string of the molecule is CO/N=C(\C(=O)N[C@@H]1C(=O)N2C(C(=O)O)C(/C=C/c3scnc3C)=CS[C@H]12)c1csc(N)n1. The molecule has 2 aliphatic rings. The van der Waals surface area contributed by atoms with E-state index in [-0.39, 0.29) is 16.5 Å². The van der Waals surface area contributed by atoms with Gasteiger partial charge in [-0.1, -0.05) is 11.2 Å². The second-order valence-electron chi connectivity index (χ2n) is 6.91. The van der Waals surface area contributed by atoms with E-state index in [0.29, 0.717) is 5.57 Å². The third-order valence-electron chi connectivity index (χ3n) is 4.91. The Morgan fingerprint density at radius 3 is 2.76 bits per heavy atom. The minimum atomic E-state index is -1.16. The molecule has 4 rings (SSSR count). The van der Waals surface area contributed by atoms with Crippen LogP contribution in [-0.2, 0) is 19.2 Å². The topological polar surface area (TPSA) is 160 Å². The average molecular weight is 507 g/mol. The molecule has 1 unspecified atom stereocenters. The Bertz CT molecular complexity index is 1200. The summed E-state index contributed by atoms with van der Waals surface area (Å²) in [7, 11) is 1.28. The summed E-state index contributed by atoms with van der Waals surface area (Å²) in [6.45, 7) is 1.86. The lowest BCUT2D eigenvalue weighted by Gasteiger charge is -2.51. The van der Waals surface area contributed by atoms with E-state index >= 15 is 0 Å². The molecule has 14 heteroatoms. The highest BCUT2D eigenvalue weighted by Gasteiger charge is 2.55. The van der Waals surface area contributed by atoms with Gasteiger partial charge < -0.3 is 25.9 Å². The molecule has 2 aromatic rings. The van der Waals surface area contributed by atoms with Crippen LogP contribution in [0.15, 0.2) is 33.1 Å². The van der Waals surface area contributed by atoms with Crippen LogP contribution >= 0.6 is 34.4 Å². The first-order valence-electron chi connectivity index (χ1n) is 9.44. The van der Waals surface area contributed by atoms with Gasteiger partial charge in [-0.15, -0.1) is 34.4 Å². The van der Waals surface area contributed by atoms with Gasteiger partial charge in [-0.25, -0.2) is 14.8 Å². The first-order valence-corrected chi connectivity index (χ1v) is 12.1. The van der Waals surface area contributed by atoms with Crippen molar-refractivity contribution < 1.29 is 24.3 Å². The Labute approximate surface area is 200 Å². The second-order valence-corrected chi connectivity index (χ2v) is 9.68. The quantitative estimate of drug-likeness (QED) is 0.286. The fourth-order valence-corrected chi connectivity index (χ4v) is 5.79. The summed E-state index contributed by atoms with van der Waals surface area (Å²) in [6, 6.07) is -2.08. The Balaban J connectivity index is 1.52. The molecule has 1 fully saturated rings. The van der Waals surface area contributed by atoms with Gasteiger partial charge in [-0.05, 0) is 24.0 Å². The molecule has 0 aliphatic carbocycles. The maximum absolute atomic E-state index is 12.9. The smallest absolute Gasteiger partial charge is 0.331 e. The number of thioether (sulfide) groups is 1. The Kier molecular flexibility index (Phi) is 6.49. The zero-order valence-electron chi connectivity index (χ0n) is 17.3. The number of anilines is 1. The van der Waals surface area contributed by atoms with Crippen LogP contribution in [0.4, 0.5) is 5.13 Å². The van der Waals surface area contributed by atoms with Crippen molar-refractivity contribution in [2.24, 2.45) is 5.16 Å². The maximum atomic E-state index is 12.9. The van der Waals surface area contributed by atoms with Gasteiger partial charge in [0.25, 0.3) is 5.91 Å². The number of hydrogen-bond acceptors (Lipinski definition) is 11. The molecule has 11 nitrogen and oxygen atoms in total. The third-order valence-corrected chi connectivity index (χ3v) is 7.67. The molecule has 3 atom stereocenters. The number of aryl methyl sites for hydroxylation is 1. The molecule has 4 heterocycles. The van der Waals surface area contributed by atoms with Gasteiger partial charge in [0.1, 0.15) is 24.2 Å². The number of carboxylic acids is 1. The number of rotatable bonds is 7. The minimum Gasteiger partial charge on any atom is -0.479 e. The number of fused-ring (bicyclic) bond motifs is 1. The fourth-order valence-electron chi connectivity index (χ4n) is 3.35. The third kappa shape index (κ3) is 4.36. The van der Waals surface area contributed by atoms with Crippen molar-refractivity contribution in [2.75, 3.05) is 12.8 Å². The zero-order chi connectivity index (χ0) is 23.7. The molecule has 2 amide bonds. The predicted octanol–water partition coefficient (Wildman–Crippen LogP) is 1.29. The first kappa shape index (κ1) is 22.9. The molecule has 0 saturated carbocycles. The van der Waals surface area contributed by atoms with E-state index < -0.39 is 35.2 Å². The summed E-state index contributed by atoms with van der Waals surface area (Å²) in [5.74, 6) is -2.34. The molecule has 0 radical (unpaired) electrons. The molecule has 0 bridgehead atoms. The van der Waals surface area contributed by atoms with E-state index in [1.807, 2.05) is 6.92 Å². The van der Waals surface area contributed by atoms with Crippen molar-refractivity contribution in [1.29, 1.82) is 0 Å². The number of thiazole rings is 2. The number of nitrogen functional groups attached to an aromatic ring is 1. The lowest BCUT2D eigenvalue weighted by molar-refractivity contribution is -0.159. The lowest BCUT2D eigenvalue weighted by Crippen LogP contribution is -2.74. The molecule has 33 heavy (non-hydrogen) atoms. The maximum Gasteiger partial charge on any atom is 0.331 e. The molecule has 0 aromatic carbocycles. The molecule has 0 spiro atoms. The number of oxime groups is 1. The van der Waals surface area contributed by atoms with Gasteiger partial charge in [0.2, 0.25) is 5.91 Å². The number of β-lactam (4-membered cyclic amide) rings is 1. The summed E-state index contributed by atoms with van der Waals surface area (Å²) in [6.07, 6.45) is 3.46. The number of hydrogen-bond donors (Lipinski definition) is 3. The van der Waals surface area contributed by atoms with Crippen molar-refractivity contribution in [3.63, 3.8) is 0 Å². The molecule has 1 saturated heterocycles. The van der Waals surface area contributed by atoms with E-state index in [9.17, 15) is 19.5 Å². The van der Waals surface area contributed by atoms with E-state index in [0.717, 1.165) is 21.9 Å². The number of carbonyl (C=O) groups excluding carboxylic acids is 2. The molecule has 2 aromatic heterocycles. The van der Waals surface area contributed by atoms with Crippen molar-refractivity contribution in [1.82, 2.24) is 20.2 Å². The molecular formula is C19H18N6O5S3. The van der Waals surface area contributed by atoms with E-state index in [1.54, 1.807) is 28.5 Å². The average Bonchev–Trinajstić information content (AvgIpc) is 3.40. The highest BCUT2D eigenvalue weighted by molar-refractivity contribution is 8.03. The monoisotopic (exact) mass is 506 g/mol. The summed E-state index contributed by atoms with van der Waals surface area (Å²) in [5, 5.41) is 19.0. The number of nitrogens with two attached hydrogens (primary N) is 1. The minimum absolute atomic E-state index is 0.133. The number of nitrogens with one attached hydrogen (secondary N) is 1. The van der Waals surface area contributed by atoms with Gasteiger partial charge in [0.15, 0.2) is 16.9 Å². The lowest BCUT2D eigenvalue weighted by atomic mass is 9.97. The predicted molar refractivity (Wildman–Crippen MR) is 126 cm³/mol. The van der Waals surface area contributed by atoms with Crippen LogP contribution in [0.5, 0.6) is 0 Å². The van der Waals surface area contributed by atoms with Gasteiger partial charge in [-0.3, -0.25) is 9.59 Å². The number of aromatic nitrogens is 2. The molecule has 172 valence electrons. The van der Waals surface area contributed by atoms with Crippen LogP contribution in [0.2, 0.25) is 0 Å².